The van der Waals surface area contributed by atoms with Crippen molar-refractivity contribution in [3.8, 4) is 5.75 Å². The zero-order chi connectivity index (χ0) is 13.8. The number of hydrogen-bond donors (Lipinski definition) is 1. The molecule has 0 saturated heterocycles. The Hall–Kier alpha value is -1.46. The first-order valence-corrected chi connectivity index (χ1v) is 6.52. The first-order chi connectivity index (χ1) is 9.04. The molecular weight excluding hydrogens is 292 g/mol. The van der Waals surface area contributed by atoms with Gasteiger partial charge in [0.1, 0.15) is 5.75 Å². The Morgan fingerprint density at radius 1 is 1.11 bits per heavy atom. The lowest BCUT2D eigenvalue weighted by Crippen LogP contribution is -2.01. The van der Waals surface area contributed by atoms with Gasteiger partial charge in [-0.3, -0.25) is 0 Å². The molecule has 2 N–H and O–H groups in total. The minimum absolute atomic E-state index is 0.128. The molecule has 0 spiro atoms. The van der Waals surface area contributed by atoms with Crippen LogP contribution in [0.2, 0.25) is 5.02 Å². The molecule has 0 radical (unpaired) electrons. The fourth-order valence-electron chi connectivity index (χ4n) is 1.42. The summed E-state index contributed by atoms with van der Waals surface area (Å²) in [6.45, 7) is -2.81. The van der Waals surface area contributed by atoms with Crippen LogP contribution in [-0.2, 0) is 0 Å². The quantitative estimate of drug-likeness (QED) is 0.833. The van der Waals surface area contributed by atoms with Gasteiger partial charge in [0.2, 0.25) is 0 Å². The van der Waals surface area contributed by atoms with Crippen molar-refractivity contribution in [2.45, 2.75) is 16.4 Å². The molecule has 0 aliphatic heterocycles. The zero-order valence-corrected chi connectivity index (χ0v) is 11.2. The number of halogens is 3. The Morgan fingerprint density at radius 2 is 1.79 bits per heavy atom. The molecule has 2 rings (SSSR count). The molecule has 0 aliphatic carbocycles. The normalized spacial score (nSPS) is 10.7. The highest BCUT2D eigenvalue weighted by Crippen LogP contribution is 2.35. The molecule has 0 bridgehead atoms. The second kappa shape index (κ2) is 6.12. The Kier molecular flexibility index (Phi) is 4.50. The molecule has 2 nitrogen and oxygen atoms in total. The summed E-state index contributed by atoms with van der Waals surface area (Å²) in [7, 11) is 0. The van der Waals surface area contributed by atoms with E-state index in [9.17, 15) is 8.78 Å². The van der Waals surface area contributed by atoms with Gasteiger partial charge in [0.25, 0.3) is 0 Å². The Labute approximate surface area is 118 Å². The number of rotatable bonds is 4. The van der Waals surface area contributed by atoms with E-state index in [0.717, 1.165) is 9.79 Å². The third kappa shape index (κ3) is 4.01. The lowest BCUT2D eigenvalue weighted by Gasteiger charge is -2.07. The summed E-state index contributed by atoms with van der Waals surface area (Å²) in [5, 5.41) is 0.554. The van der Waals surface area contributed by atoms with Crippen LogP contribution in [0.15, 0.2) is 52.3 Å². The minimum Gasteiger partial charge on any atom is -0.435 e. The van der Waals surface area contributed by atoms with Crippen LogP contribution in [0.4, 0.5) is 14.5 Å². The molecular formula is C13H10ClF2NOS. The number of benzene rings is 2. The van der Waals surface area contributed by atoms with E-state index in [4.69, 9.17) is 17.3 Å². The third-order valence-corrected chi connectivity index (χ3v) is 3.74. The van der Waals surface area contributed by atoms with Crippen LogP contribution in [-0.4, -0.2) is 6.61 Å². The number of anilines is 1. The second-order valence-corrected chi connectivity index (χ2v) is 5.16. The molecule has 2 aromatic carbocycles. The Morgan fingerprint density at radius 3 is 2.37 bits per heavy atom. The van der Waals surface area contributed by atoms with E-state index in [1.54, 1.807) is 24.3 Å². The molecule has 0 heterocycles. The van der Waals surface area contributed by atoms with E-state index in [-0.39, 0.29) is 5.75 Å². The highest BCUT2D eigenvalue weighted by molar-refractivity contribution is 7.99. The largest absolute Gasteiger partial charge is 0.435 e. The van der Waals surface area contributed by atoms with Gasteiger partial charge in [-0.05, 0) is 42.5 Å². The average molecular weight is 302 g/mol. The average Bonchev–Trinajstić information content (AvgIpc) is 2.34. The number of ether oxygens (including phenoxy) is 1. The molecule has 0 amide bonds. The van der Waals surface area contributed by atoms with Gasteiger partial charge >= 0.3 is 6.61 Å². The summed E-state index contributed by atoms with van der Waals surface area (Å²) >= 11 is 7.47. The zero-order valence-electron chi connectivity index (χ0n) is 9.65. The van der Waals surface area contributed by atoms with Crippen molar-refractivity contribution in [3.63, 3.8) is 0 Å². The maximum Gasteiger partial charge on any atom is 0.387 e. The molecule has 0 fully saturated rings. The van der Waals surface area contributed by atoms with E-state index < -0.39 is 6.61 Å². The van der Waals surface area contributed by atoms with Crippen molar-refractivity contribution < 1.29 is 13.5 Å². The van der Waals surface area contributed by atoms with Crippen LogP contribution in [0, 0.1) is 0 Å². The van der Waals surface area contributed by atoms with Gasteiger partial charge < -0.3 is 10.5 Å². The van der Waals surface area contributed by atoms with Gasteiger partial charge in [-0.2, -0.15) is 8.78 Å². The van der Waals surface area contributed by atoms with Gasteiger partial charge in [0, 0.05) is 15.5 Å². The van der Waals surface area contributed by atoms with Crippen LogP contribution in [0.25, 0.3) is 0 Å². The molecule has 0 atom stereocenters. The fourth-order valence-corrected chi connectivity index (χ4v) is 2.54. The van der Waals surface area contributed by atoms with Crippen LogP contribution in [0.5, 0.6) is 5.75 Å². The predicted molar refractivity (Wildman–Crippen MR) is 73.1 cm³/mol. The maximum atomic E-state index is 12.0. The summed E-state index contributed by atoms with van der Waals surface area (Å²) in [5.41, 5.74) is 6.20. The molecule has 0 unspecified atom stereocenters. The Bertz CT molecular complexity index is 563. The van der Waals surface area contributed by atoms with Crippen LogP contribution >= 0.6 is 23.4 Å². The number of nitrogen functional groups attached to an aromatic ring is 1. The van der Waals surface area contributed by atoms with Gasteiger partial charge in [-0.25, -0.2) is 0 Å². The fraction of sp³-hybridized carbons (Fsp3) is 0.0769. The number of hydrogen-bond acceptors (Lipinski definition) is 3. The summed E-state index contributed by atoms with van der Waals surface area (Å²) in [5.74, 6) is 0.128. The molecule has 0 saturated carbocycles. The Balaban J connectivity index is 2.10. The van der Waals surface area contributed by atoms with Crippen LogP contribution in [0.3, 0.4) is 0 Å². The van der Waals surface area contributed by atoms with Crippen molar-refractivity contribution in [1.82, 2.24) is 0 Å². The van der Waals surface area contributed by atoms with Crippen LogP contribution in [0.1, 0.15) is 0 Å². The molecule has 2 aromatic rings. The molecule has 6 heteroatoms. The first kappa shape index (κ1) is 14.0. The predicted octanol–water partition coefficient (Wildman–Crippen LogP) is 4.67. The minimum atomic E-state index is -2.81. The van der Waals surface area contributed by atoms with E-state index in [2.05, 4.69) is 4.74 Å². The van der Waals surface area contributed by atoms with Crippen molar-refractivity contribution in [2.75, 3.05) is 5.73 Å². The van der Waals surface area contributed by atoms with Crippen molar-refractivity contribution in [3.05, 3.63) is 47.5 Å². The van der Waals surface area contributed by atoms with Crippen molar-refractivity contribution >= 4 is 29.1 Å². The van der Waals surface area contributed by atoms with Gasteiger partial charge in [0.05, 0.1) is 5.02 Å². The molecule has 100 valence electrons. The van der Waals surface area contributed by atoms with E-state index >= 15 is 0 Å². The maximum absolute atomic E-state index is 12.0. The summed E-state index contributed by atoms with van der Waals surface area (Å²) in [6.07, 6.45) is 0. The van der Waals surface area contributed by atoms with Crippen molar-refractivity contribution in [2.24, 2.45) is 0 Å². The van der Waals surface area contributed by atoms with Gasteiger partial charge in [-0.15, -0.1) is 0 Å². The third-order valence-electron chi connectivity index (χ3n) is 2.23. The highest BCUT2D eigenvalue weighted by atomic mass is 35.5. The van der Waals surface area contributed by atoms with Crippen molar-refractivity contribution in [1.29, 1.82) is 0 Å². The number of nitrogens with two attached hydrogens (primary N) is 1. The standard InChI is InChI=1S/C13H10ClF2NOS/c14-11-7-8(17)1-6-12(11)19-10-4-2-9(3-5-10)18-13(15)16/h1-7,13H,17H2. The molecule has 0 aromatic heterocycles. The summed E-state index contributed by atoms with van der Waals surface area (Å²) in [4.78, 5) is 1.71. The highest BCUT2D eigenvalue weighted by Gasteiger charge is 2.06. The summed E-state index contributed by atoms with van der Waals surface area (Å²) in [6, 6.07) is 11.6. The first-order valence-electron chi connectivity index (χ1n) is 5.32. The number of alkyl halides is 2. The van der Waals surface area contributed by atoms with E-state index in [0.29, 0.717) is 10.7 Å². The topological polar surface area (TPSA) is 35.2 Å². The van der Waals surface area contributed by atoms with E-state index in [1.165, 1.54) is 23.9 Å². The molecule has 19 heavy (non-hydrogen) atoms. The second-order valence-electron chi connectivity index (χ2n) is 3.64. The lowest BCUT2D eigenvalue weighted by molar-refractivity contribution is -0.0498. The summed E-state index contributed by atoms with van der Waals surface area (Å²) < 4.78 is 28.3. The monoisotopic (exact) mass is 301 g/mol. The van der Waals surface area contributed by atoms with Gasteiger partial charge in [0.15, 0.2) is 0 Å². The van der Waals surface area contributed by atoms with Gasteiger partial charge in [-0.1, -0.05) is 23.4 Å². The lowest BCUT2D eigenvalue weighted by atomic mass is 10.3. The van der Waals surface area contributed by atoms with Crippen LogP contribution < -0.4 is 10.5 Å². The SMILES string of the molecule is Nc1ccc(Sc2ccc(OC(F)F)cc2)c(Cl)c1. The smallest absolute Gasteiger partial charge is 0.387 e. The van der Waals surface area contributed by atoms with E-state index in [1.807, 2.05) is 6.07 Å². The molecule has 0 aliphatic rings.